The van der Waals surface area contributed by atoms with E-state index in [2.05, 4.69) is 15.2 Å². The average molecular weight is 285 g/mol. The minimum atomic E-state index is -1.28. The number of benzene rings is 1. The summed E-state index contributed by atoms with van der Waals surface area (Å²) in [6.45, 7) is 0. The van der Waals surface area contributed by atoms with E-state index in [0.29, 0.717) is 10.9 Å². The van der Waals surface area contributed by atoms with E-state index in [1.807, 2.05) is 0 Å². The van der Waals surface area contributed by atoms with Gasteiger partial charge in [0.15, 0.2) is 5.69 Å². The predicted octanol–water partition coefficient (Wildman–Crippen LogP) is 1.42. The maximum Gasteiger partial charge on any atom is 0.381 e. The normalized spacial score (nSPS) is 10.7. The highest BCUT2D eigenvalue weighted by Gasteiger charge is 2.21. The highest BCUT2D eigenvalue weighted by atomic mass is 16.6. The number of imidazole rings is 1. The van der Waals surface area contributed by atoms with Crippen LogP contribution in [-0.2, 0) is 0 Å². The number of carboxylic acids is 1. The number of carbonyl (C=O) groups is 1. The first-order valence-corrected chi connectivity index (χ1v) is 5.75. The lowest BCUT2D eigenvalue weighted by Gasteiger charge is -2.07. The molecule has 2 aromatic heterocycles. The topological polar surface area (TPSA) is 124 Å². The fourth-order valence-electron chi connectivity index (χ4n) is 1.97. The van der Waals surface area contributed by atoms with Gasteiger partial charge in [0.2, 0.25) is 6.33 Å². The third kappa shape index (κ3) is 2.06. The van der Waals surface area contributed by atoms with Gasteiger partial charge in [0.05, 0.1) is 11.2 Å². The Morgan fingerprint density at radius 3 is 2.71 bits per heavy atom. The first-order chi connectivity index (χ1) is 10.1. The lowest BCUT2D eigenvalue weighted by Crippen LogP contribution is -2.09. The molecule has 9 nitrogen and oxygen atoms in total. The summed E-state index contributed by atoms with van der Waals surface area (Å²) in [5, 5.41) is 28.0. The molecule has 0 atom stereocenters. The zero-order valence-corrected chi connectivity index (χ0v) is 10.4. The monoisotopic (exact) mass is 285 g/mol. The second-order valence-corrected chi connectivity index (χ2v) is 4.12. The highest BCUT2D eigenvalue weighted by molar-refractivity contribution is 5.98. The van der Waals surface area contributed by atoms with Gasteiger partial charge in [0.25, 0.3) is 0 Å². The molecule has 0 bridgehead atoms. The molecular weight excluding hydrogens is 278 g/mol. The summed E-state index contributed by atoms with van der Waals surface area (Å²) in [6, 6.07) is 6.78. The third-order valence-corrected chi connectivity index (χ3v) is 2.86. The standard InChI is InChI=1S/C12H7N5O4/c18-12(19)10-11(16-5-9(13-6-16)17(20)21)7-3-1-2-4-8(7)14-15-10/h1-6H,(H,18,19). The Labute approximate surface area is 116 Å². The average Bonchev–Trinajstić information content (AvgIpc) is 2.95. The Hall–Kier alpha value is -3.36. The van der Waals surface area contributed by atoms with Gasteiger partial charge >= 0.3 is 11.8 Å². The molecule has 0 fully saturated rings. The molecule has 0 amide bonds. The van der Waals surface area contributed by atoms with Crippen molar-refractivity contribution in [3.8, 4) is 5.69 Å². The van der Waals surface area contributed by atoms with Crippen LogP contribution in [0.5, 0.6) is 0 Å². The van der Waals surface area contributed by atoms with Crippen molar-refractivity contribution in [1.82, 2.24) is 19.7 Å². The van der Waals surface area contributed by atoms with Crippen molar-refractivity contribution in [3.63, 3.8) is 0 Å². The van der Waals surface area contributed by atoms with Gasteiger partial charge in [0.1, 0.15) is 6.20 Å². The van der Waals surface area contributed by atoms with Crippen molar-refractivity contribution in [2.24, 2.45) is 0 Å². The van der Waals surface area contributed by atoms with Crippen molar-refractivity contribution < 1.29 is 14.8 Å². The zero-order valence-electron chi connectivity index (χ0n) is 10.4. The number of fused-ring (bicyclic) bond motifs is 1. The number of hydrogen-bond acceptors (Lipinski definition) is 6. The van der Waals surface area contributed by atoms with Crippen LogP contribution in [0.2, 0.25) is 0 Å². The number of nitro groups is 1. The molecular formula is C12H7N5O4. The number of nitrogens with zero attached hydrogens (tertiary/aromatic N) is 5. The van der Waals surface area contributed by atoms with E-state index in [0.717, 1.165) is 6.20 Å². The second-order valence-electron chi connectivity index (χ2n) is 4.12. The van der Waals surface area contributed by atoms with E-state index in [1.54, 1.807) is 24.3 Å². The van der Waals surface area contributed by atoms with Crippen LogP contribution in [0.25, 0.3) is 16.6 Å². The van der Waals surface area contributed by atoms with Crippen molar-refractivity contribution in [2.45, 2.75) is 0 Å². The highest BCUT2D eigenvalue weighted by Crippen LogP contribution is 2.24. The van der Waals surface area contributed by atoms with Gasteiger partial charge in [-0.1, -0.05) is 18.2 Å². The summed E-state index contributed by atoms with van der Waals surface area (Å²) in [6.07, 6.45) is 2.31. The quantitative estimate of drug-likeness (QED) is 0.570. The van der Waals surface area contributed by atoms with Gasteiger partial charge < -0.3 is 15.2 Å². The van der Waals surface area contributed by atoms with Crippen LogP contribution >= 0.6 is 0 Å². The smallest absolute Gasteiger partial charge is 0.381 e. The Morgan fingerprint density at radius 2 is 2.05 bits per heavy atom. The molecule has 9 heteroatoms. The largest absolute Gasteiger partial charge is 0.476 e. The van der Waals surface area contributed by atoms with Crippen molar-refractivity contribution >= 4 is 22.7 Å². The Balaban J connectivity index is 2.34. The number of carboxylic acid groups (broad SMARTS) is 1. The summed E-state index contributed by atoms with van der Waals surface area (Å²) in [5.41, 5.74) is 0.364. The molecule has 1 N–H and O–H groups in total. The van der Waals surface area contributed by atoms with Gasteiger partial charge in [-0.25, -0.2) is 4.79 Å². The van der Waals surface area contributed by atoms with Crippen molar-refractivity contribution in [3.05, 3.63) is 52.6 Å². The molecule has 3 rings (SSSR count). The van der Waals surface area contributed by atoms with E-state index in [1.165, 1.54) is 10.9 Å². The molecule has 0 aliphatic carbocycles. The molecule has 0 aliphatic heterocycles. The van der Waals surface area contributed by atoms with Crippen molar-refractivity contribution in [1.29, 1.82) is 0 Å². The van der Waals surface area contributed by atoms with Gasteiger partial charge in [0, 0.05) is 5.39 Å². The molecule has 0 aliphatic rings. The van der Waals surface area contributed by atoms with Crippen LogP contribution in [0.1, 0.15) is 10.5 Å². The Morgan fingerprint density at radius 1 is 1.29 bits per heavy atom. The molecule has 0 spiro atoms. The van der Waals surface area contributed by atoms with Crippen LogP contribution in [0.4, 0.5) is 5.82 Å². The predicted molar refractivity (Wildman–Crippen MR) is 70.3 cm³/mol. The number of hydrogen-bond donors (Lipinski definition) is 1. The SMILES string of the molecule is O=C(O)c1nnc2ccccc2c1-n1cnc([N+](=O)[O-])c1. The Kier molecular flexibility index (Phi) is 2.79. The third-order valence-electron chi connectivity index (χ3n) is 2.86. The van der Waals surface area contributed by atoms with Crippen LogP contribution in [0.15, 0.2) is 36.8 Å². The number of aromatic nitrogens is 4. The summed E-state index contributed by atoms with van der Waals surface area (Å²) >= 11 is 0. The summed E-state index contributed by atoms with van der Waals surface area (Å²) in [7, 11) is 0. The second kappa shape index (κ2) is 4.63. The Bertz CT molecular complexity index is 873. The molecule has 21 heavy (non-hydrogen) atoms. The van der Waals surface area contributed by atoms with Crippen LogP contribution in [0.3, 0.4) is 0 Å². The van der Waals surface area contributed by atoms with E-state index in [-0.39, 0.29) is 17.2 Å². The first-order valence-electron chi connectivity index (χ1n) is 5.75. The maximum atomic E-state index is 11.3. The molecule has 2 heterocycles. The fourth-order valence-corrected chi connectivity index (χ4v) is 1.97. The first kappa shape index (κ1) is 12.7. The van der Waals surface area contributed by atoms with E-state index >= 15 is 0 Å². The summed E-state index contributed by atoms with van der Waals surface area (Å²) < 4.78 is 1.26. The van der Waals surface area contributed by atoms with Gasteiger partial charge in [-0.05, 0) is 16.0 Å². The van der Waals surface area contributed by atoms with Crippen LogP contribution in [-0.4, -0.2) is 35.7 Å². The van der Waals surface area contributed by atoms with E-state index < -0.39 is 10.9 Å². The molecule has 0 unspecified atom stereocenters. The summed E-state index contributed by atoms with van der Waals surface area (Å²) in [4.78, 5) is 25.0. The molecule has 0 radical (unpaired) electrons. The molecule has 104 valence electrons. The van der Waals surface area contributed by atoms with E-state index in [4.69, 9.17) is 0 Å². The van der Waals surface area contributed by atoms with Crippen molar-refractivity contribution in [2.75, 3.05) is 0 Å². The lowest BCUT2D eigenvalue weighted by molar-refractivity contribution is -0.389. The van der Waals surface area contributed by atoms with Crippen LogP contribution in [0, 0.1) is 10.1 Å². The zero-order chi connectivity index (χ0) is 15.0. The van der Waals surface area contributed by atoms with Gasteiger partial charge in [-0.15, -0.1) is 10.2 Å². The molecule has 3 aromatic rings. The van der Waals surface area contributed by atoms with E-state index in [9.17, 15) is 20.0 Å². The molecule has 0 saturated heterocycles. The van der Waals surface area contributed by atoms with Gasteiger partial charge in [-0.2, -0.15) is 0 Å². The molecule has 0 saturated carbocycles. The summed E-state index contributed by atoms with van der Waals surface area (Å²) in [5.74, 6) is -1.66. The minimum Gasteiger partial charge on any atom is -0.476 e. The lowest BCUT2D eigenvalue weighted by atomic mass is 10.1. The molecule has 1 aromatic carbocycles. The van der Waals surface area contributed by atoms with Gasteiger partial charge in [-0.3, -0.25) is 4.57 Å². The van der Waals surface area contributed by atoms with Crippen LogP contribution < -0.4 is 0 Å². The number of rotatable bonds is 3. The minimum absolute atomic E-state index is 0.189. The fraction of sp³-hybridized carbons (Fsp3) is 0. The maximum absolute atomic E-state index is 11.3. The number of aromatic carboxylic acids is 1.